The van der Waals surface area contributed by atoms with Crippen LogP contribution in [-0.2, 0) is 0 Å². The highest BCUT2D eigenvalue weighted by Crippen LogP contribution is 2.36. The number of phenolic OH excluding ortho intramolecular Hbond substituents is 1. The molecular weight excluding hydrogens is 406 g/mol. The molecule has 0 aliphatic heterocycles. The number of carbonyl (C=O) groups excluding carboxylic acids is 1. The SMILES string of the molecule is CCCCC(CCC[N+](CCCC)(CCCC)CCCC)c1cc(C=O)c(O)c(C(C)C)c1. The number of unbranched alkanes of at least 4 members (excludes halogenated alkanes) is 4. The van der Waals surface area contributed by atoms with Crippen molar-refractivity contribution in [3.63, 3.8) is 0 Å². The zero-order valence-electron chi connectivity index (χ0n) is 22.8. The summed E-state index contributed by atoms with van der Waals surface area (Å²) in [4.78, 5) is 11.7. The predicted molar refractivity (Wildman–Crippen MR) is 144 cm³/mol. The fraction of sp³-hybridized carbons (Fsp3) is 0.767. The van der Waals surface area contributed by atoms with Crippen molar-refractivity contribution in [2.45, 2.75) is 124 Å². The van der Waals surface area contributed by atoms with E-state index in [1.807, 2.05) is 6.07 Å². The molecule has 33 heavy (non-hydrogen) atoms. The van der Waals surface area contributed by atoms with Gasteiger partial charge in [-0.2, -0.15) is 0 Å². The first-order chi connectivity index (χ1) is 15.9. The molecule has 0 spiro atoms. The van der Waals surface area contributed by atoms with E-state index in [-0.39, 0.29) is 11.7 Å². The molecule has 0 saturated heterocycles. The van der Waals surface area contributed by atoms with Crippen molar-refractivity contribution in [3.05, 3.63) is 28.8 Å². The van der Waals surface area contributed by atoms with Crippen LogP contribution in [0.1, 0.15) is 145 Å². The van der Waals surface area contributed by atoms with E-state index in [1.54, 1.807) is 0 Å². The van der Waals surface area contributed by atoms with Gasteiger partial charge in [0, 0.05) is 0 Å². The molecule has 0 heterocycles. The summed E-state index contributed by atoms with van der Waals surface area (Å²) < 4.78 is 1.29. The Morgan fingerprint density at radius 2 is 1.27 bits per heavy atom. The maximum atomic E-state index is 11.7. The van der Waals surface area contributed by atoms with Crippen LogP contribution in [0, 0.1) is 0 Å². The quantitative estimate of drug-likeness (QED) is 0.166. The molecule has 0 aliphatic carbocycles. The minimum atomic E-state index is 0.173. The molecule has 0 aliphatic rings. The Labute approximate surface area is 205 Å². The highest BCUT2D eigenvalue weighted by Gasteiger charge is 2.26. The predicted octanol–water partition coefficient (Wildman–Crippen LogP) is 8.60. The van der Waals surface area contributed by atoms with E-state index >= 15 is 0 Å². The molecule has 3 nitrogen and oxygen atoms in total. The van der Waals surface area contributed by atoms with Crippen LogP contribution in [-0.4, -0.2) is 42.1 Å². The first kappa shape index (κ1) is 29.7. The lowest BCUT2D eigenvalue weighted by molar-refractivity contribution is -0.929. The van der Waals surface area contributed by atoms with Crippen LogP contribution in [0.3, 0.4) is 0 Å². The van der Waals surface area contributed by atoms with Gasteiger partial charge in [0.25, 0.3) is 0 Å². The van der Waals surface area contributed by atoms with Crippen molar-refractivity contribution < 1.29 is 14.4 Å². The van der Waals surface area contributed by atoms with Gasteiger partial charge in [0.15, 0.2) is 6.29 Å². The van der Waals surface area contributed by atoms with Gasteiger partial charge in [-0.25, -0.2) is 0 Å². The lowest BCUT2D eigenvalue weighted by Crippen LogP contribution is -2.50. The van der Waals surface area contributed by atoms with Crippen molar-refractivity contribution in [2.24, 2.45) is 0 Å². The maximum absolute atomic E-state index is 11.7. The minimum absolute atomic E-state index is 0.173. The van der Waals surface area contributed by atoms with E-state index in [0.717, 1.165) is 18.3 Å². The molecule has 0 radical (unpaired) electrons. The highest BCUT2D eigenvalue weighted by molar-refractivity contribution is 5.80. The van der Waals surface area contributed by atoms with E-state index in [1.165, 1.54) is 100 Å². The number of aldehydes is 1. The third-order valence-electron chi connectivity index (χ3n) is 7.46. The molecule has 0 amide bonds. The zero-order chi connectivity index (χ0) is 24.7. The van der Waals surface area contributed by atoms with Crippen molar-refractivity contribution in [1.82, 2.24) is 0 Å². The first-order valence-corrected chi connectivity index (χ1v) is 14.0. The summed E-state index contributed by atoms with van der Waals surface area (Å²) in [5.41, 5.74) is 2.62. The van der Waals surface area contributed by atoms with Gasteiger partial charge in [0.2, 0.25) is 0 Å². The molecule has 0 bridgehead atoms. The number of nitrogens with zero attached hydrogens (tertiary/aromatic N) is 1. The Hall–Kier alpha value is -1.35. The van der Waals surface area contributed by atoms with Gasteiger partial charge >= 0.3 is 0 Å². The van der Waals surface area contributed by atoms with Crippen molar-refractivity contribution >= 4 is 6.29 Å². The average molecular weight is 461 g/mol. The number of hydrogen-bond acceptors (Lipinski definition) is 2. The number of rotatable bonds is 19. The van der Waals surface area contributed by atoms with Crippen LogP contribution < -0.4 is 0 Å². The van der Waals surface area contributed by atoms with E-state index in [0.29, 0.717) is 11.5 Å². The number of phenols is 1. The second-order valence-electron chi connectivity index (χ2n) is 10.6. The number of quaternary nitrogens is 1. The second kappa shape index (κ2) is 16.3. The fourth-order valence-electron chi connectivity index (χ4n) is 5.22. The smallest absolute Gasteiger partial charge is 0.153 e. The normalized spacial score (nSPS) is 12.9. The van der Waals surface area contributed by atoms with Gasteiger partial charge in [-0.1, -0.05) is 79.7 Å². The molecule has 0 aromatic heterocycles. The summed E-state index contributed by atoms with van der Waals surface area (Å²) in [6.07, 6.45) is 14.6. The molecule has 1 aromatic rings. The molecule has 3 heteroatoms. The Bertz CT molecular complexity index is 646. The lowest BCUT2D eigenvalue weighted by Gasteiger charge is -2.39. The number of hydrogen-bond donors (Lipinski definition) is 1. The zero-order valence-corrected chi connectivity index (χ0v) is 22.8. The fourth-order valence-corrected chi connectivity index (χ4v) is 5.22. The number of carbonyl (C=O) groups is 1. The molecule has 1 atom stereocenters. The van der Waals surface area contributed by atoms with Gasteiger partial charge in [-0.15, -0.1) is 0 Å². The Kier molecular flexibility index (Phi) is 14.7. The average Bonchev–Trinajstić information content (AvgIpc) is 2.81. The van der Waals surface area contributed by atoms with E-state index < -0.39 is 0 Å². The summed E-state index contributed by atoms with van der Waals surface area (Å²) in [6, 6.07) is 4.14. The van der Waals surface area contributed by atoms with Gasteiger partial charge in [-0.3, -0.25) is 4.79 Å². The molecule has 0 saturated carbocycles. The summed E-state index contributed by atoms with van der Waals surface area (Å²) in [6.45, 7) is 18.6. The summed E-state index contributed by atoms with van der Waals surface area (Å²) in [7, 11) is 0. The minimum Gasteiger partial charge on any atom is -0.507 e. The van der Waals surface area contributed by atoms with Gasteiger partial charge in [-0.05, 0) is 67.6 Å². The van der Waals surface area contributed by atoms with Gasteiger partial charge < -0.3 is 9.59 Å². The highest BCUT2D eigenvalue weighted by atomic mass is 16.3. The molecule has 1 rings (SSSR count). The second-order valence-corrected chi connectivity index (χ2v) is 10.6. The third kappa shape index (κ3) is 9.81. The van der Waals surface area contributed by atoms with E-state index in [2.05, 4.69) is 47.6 Å². The van der Waals surface area contributed by atoms with Crippen LogP contribution in [0.4, 0.5) is 0 Å². The van der Waals surface area contributed by atoms with Crippen molar-refractivity contribution in [3.8, 4) is 5.75 Å². The van der Waals surface area contributed by atoms with Gasteiger partial charge in [0.05, 0.1) is 31.7 Å². The van der Waals surface area contributed by atoms with E-state index in [9.17, 15) is 9.90 Å². The lowest BCUT2D eigenvalue weighted by atomic mass is 9.85. The molecule has 0 fully saturated rings. The maximum Gasteiger partial charge on any atom is 0.153 e. The van der Waals surface area contributed by atoms with Gasteiger partial charge in [0.1, 0.15) is 5.75 Å². The van der Waals surface area contributed by atoms with Crippen LogP contribution >= 0.6 is 0 Å². The van der Waals surface area contributed by atoms with Crippen LogP contribution in [0.2, 0.25) is 0 Å². The Morgan fingerprint density at radius 3 is 1.73 bits per heavy atom. The molecule has 1 N–H and O–H groups in total. The molecule has 1 aromatic carbocycles. The molecular formula is C30H54NO2+. The Morgan fingerprint density at radius 1 is 0.788 bits per heavy atom. The van der Waals surface area contributed by atoms with E-state index in [4.69, 9.17) is 0 Å². The topological polar surface area (TPSA) is 37.3 Å². The van der Waals surface area contributed by atoms with Crippen LogP contribution in [0.25, 0.3) is 0 Å². The third-order valence-corrected chi connectivity index (χ3v) is 7.46. The first-order valence-electron chi connectivity index (χ1n) is 14.0. The Balaban J connectivity index is 3.09. The summed E-state index contributed by atoms with van der Waals surface area (Å²) >= 11 is 0. The standard InChI is InChI=1S/C30H53NO2/c1-7-11-16-26(27-22-28(24-32)30(33)29(23-27)25(5)6)17-15-21-31(18-12-8-2,19-13-9-3)20-14-10-4/h22-26H,7-21H2,1-6H3/p+1. The van der Waals surface area contributed by atoms with Crippen molar-refractivity contribution in [2.75, 3.05) is 26.2 Å². The van der Waals surface area contributed by atoms with Crippen LogP contribution in [0.15, 0.2) is 12.1 Å². The summed E-state index contributed by atoms with van der Waals surface area (Å²) in [5.74, 6) is 0.844. The van der Waals surface area contributed by atoms with Crippen LogP contribution in [0.5, 0.6) is 5.75 Å². The largest absolute Gasteiger partial charge is 0.507 e. The monoisotopic (exact) mass is 460 g/mol. The molecule has 190 valence electrons. The number of benzene rings is 1. The number of aromatic hydroxyl groups is 1. The van der Waals surface area contributed by atoms with Crippen molar-refractivity contribution in [1.29, 1.82) is 0 Å². The molecule has 1 unspecified atom stereocenters. The summed E-state index contributed by atoms with van der Waals surface area (Å²) in [5, 5.41) is 10.5.